The van der Waals surface area contributed by atoms with E-state index < -0.39 is 0 Å². The third kappa shape index (κ3) is 4.40. The van der Waals surface area contributed by atoms with Gasteiger partial charge in [0.2, 0.25) is 5.91 Å². The third-order valence-electron chi connectivity index (χ3n) is 2.12. The molecule has 0 heterocycles. The van der Waals surface area contributed by atoms with Gasteiger partial charge >= 0.3 is 0 Å². The first-order chi connectivity index (χ1) is 8.02. The number of carbonyl (C=O) groups is 1. The lowest BCUT2D eigenvalue weighted by Gasteiger charge is -2.16. The van der Waals surface area contributed by atoms with Crippen LogP contribution in [-0.2, 0) is 4.79 Å². The van der Waals surface area contributed by atoms with Crippen molar-refractivity contribution >= 4 is 34.6 Å². The summed E-state index contributed by atoms with van der Waals surface area (Å²) in [6, 6.07) is 7.46. The van der Waals surface area contributed by atoms with Crippen LogP contribution in [0.15, 0.2) is 24.3 Å². The van der Waals surface area contributed by atoms with E-state index in [1.807, 2.05) is 50.2 Å². The summed E-state index contributed by atoms with van der Waals surface area (Å²) >= 11 is 5.14. The molecule has 0 spiro atoms. The second kappa shape index (κ2) is 6.20. The Hall–Kier alpha value is -1.62. The van der Waals surface area contributed by atoms with Gasteiger partial charge < -0.3 is 15.5 Å². The lowest BCUT2D eigenvalue weighted by Crippen LogP contribution is -2.27. The van der Waals surface area contributed by atoms with E-state index in [0.717, 1.165) is 11.4 Å². The topological polar surface area (TPSA) is 44.4 Å². The maximum absolute atomic E-state index is 11.3. The van der Waals surface area contributed by atoms with E-state index >= 15 is 0 Å². The fourth-order valence-electron chi connectivity index (χ4n) is 1.16. The number of benzene rings is 1. The number of nitrogens with one attached hydrogen (secondary N) is 2. The molecule has 92 valence electrons. The molecule has 1 rings (SSSR count). The predicted octanol–water partition coefficient (Wildman–Crippen LogP) is 2.29. The molecule has 0 bridgehead atoms. The molecule has 0 fully saturated rings. The Kier molecular flexibility index (Phi) is 4.90. The van der Waals surface area contributed by atoms with Crippen LogP contribution >= 0.6 is 12.2 Å². The summed E-state index contributed by atoms with van der Waals surface area (Å²) in [6.07, 6.45) is 0.466. The van der Waals surface area contributed by atoms with Crippen molar-refractivity contribution in [3.8, 4) is 0 Å². The highest BCUT2D eigenvalue weighted by Gasteiger charge is 2.02. The number of thiocarbonyl (C=S) groups is 1. The SMILES string of the molecule is CCC(=O)Nc1cccc(NC(=S)N(C)C)c1. The highest BCUT2D eigenvalue weighted by molar-refractivity contribution is 7.80. The largest absolute Gasteiger partial charge is 0.355 e. The van der Waals surface area contributed by atoms with Gasteiger partial charge in [-0.2, -0.15) is 0 Å². The molecule has 4 nitrogen and oxygen atoms in total. The van der Waals surface area contributed by atoms with E-state index in [9.17, 15) is 4.79 Å². The Morgan fingerprint density at radius 3 is 2.41 bits per heavy atom. The Labute approximate surface area is 107 Å². The van der Waals surface area contributed by atoms with Crippen LogP contribution in [0.4, 0.5) is 11.4 Å². The minimum Gasteiger partial charge on any atom is -0.355 e. The smallest absolute Gasteiger partial charge is 0.224 e. The summed E-state index contributed by atoms with van der Waals surface area (Å²) in [7, 11) is 3.75. The van der Waals surface area contributed by atoms with Crippen molar-refractivity contribution < 1.29 is 4.79 Å². The zero-order valence-corrected chi connectivity index (χ0v) is 11.1. The molecule has 0 aromatic heterocycles. The van der Waals surface area contributed by atoms with E-state index in [1.54, 1.807) is 0 Å². The molecular formula is C12H17N3OS. The van der Waals surface area contributed by atoms with Gasteiger partial charge in [0.15, 0.2) is 5.11 Å². The number of rotatable bonds is 3. The van der Waals surface area contributed by atoms with Crippen LogP contribution < -0.4 is 10.6 Å². The number of amides is 1. The molecule has 5 heteroatoms. The van der Waals surface area contributed by atoms with Crippen LogP contribution in [0.1, 0.15) is 13.3 Å². The van der Waals surface area contributed by atoms with Crippen LogP contribution in [0.5, 0.6) is 0 Å². The first-order valence-electron chi connectivity index (χ1n) is 5.41. The molecule has 0 aliphatic heterocycles. The summed E-state index contributed by atoms with van der Waals surface area (Å²) in [6.45, 7) is 1.82. The monoisotopic (exact) mass is 251 g/mol. The first-order valence-corrected chi connectivity index (χ1v) is 5.82. The maximum atomic E-state index is 11.3. The van der Waals surface area contributed by atoms with Crippen molar-refractivity contribution in [1.82, 2.24) is 4.90 Å². The summed E-state index contributed by atoms with van der Waals surface area (Å²) in [5.41, 5.74) is 1.63. The summed E-state index contributed by atoms with van der Waals surface area (Å²) in [5.74, 6) is -0.00247. The van der Waals surface area contributed by atoms with Crippen LogP contribution in [0.3, 0.4) is 0 Å². The minimum atomic E-state index is -0.00247. The number of anilines is 2. The fraction of sp³-hybridized carbons (Fsp3) is 0.333. The van der Waals surface area contributed by atoms with Crippen molar-refractivity contribution in [1.29, 1.82) is 0 Å². The van der Waals surface area contributed by atoms with E-state index in [2.05, 4.69) is 10.6 Å². The molecule has 2 N–H and O–H groups in total. The number of hydrogen-bond acceptors (Lipinski definition) is 2. The average Bonchev–Trinajstić information content (AvgIpc) is 2.29. The Balaban J connectivity index is 2.72. The summed E-state index contributed by atoms with van der Waals surface area (Å²) < 4.78 is 0. The van der Waals surface area contributed by atoms with Gasteiger partial charge in [-0.25, -0.2) is 0 Å². The first kappa shape index (κ1) is 13.4. The van der Waals surface area contributed by atoms with Gasteiger partial charge in [-0.3, -0.25) is 4.79 Å². The van der Waals surface area contributed by atoms with Gasteiger partial charge in [0.1, 0.15) is 0 Å². The van der Waals surface area contributed by atoms with E-state index in [1.165, 1.54) is 0 Å². The standard InChI is InChI=1S/C12H17N3OS/c1-4-11(16)13-9-6-5-7-10(8-9)14-12(17)15(2)3/h5-8H,4H2,1-3H3,(H,13,16)(H,14,17). The Morgan fingerprint density at radius 2 is 1.88 bits per heavy atom. The van der Waals surface area contributed by atoms with Crippen molar-refractivity contribution in [2.45, 2.75) is 13.3 Å². The Morgan fingerprint density at radius 1 is 1.29 bits per heavy atom. The van der Waals surface area contributed by atoms with E-state index in [-0.39, 0.29) is 5.91 Å². The van der Waals surface area contributed by atoms with Crippen molar-refractivity contribution in [2.24, 2.45) is 0 Å². The highest BCUT2D eigenvalue weighted by Crippen LogP contribution is 2.15. The van der Waals surface area contributed by atoms with Crippen LogP contribution in [0.2, 0.25) is 0 Å². The van der Waals surface area contributed by atoms with E-state index in [0.29, 0.717) is 11.5 Å². The molecule has 17 heavy (non-hydrogen) atoms. The maximum Gasteiger partial charge on any atom is 0.224 e. The zero-order chi connectivity index (χ0) is 12.8. The average molecular weight is 251 g/mol. The van der Waals surface area contributed by atoms with Gasteiger partial charge in [-0.15, -0.1) is 0 Å². The Bertz CT molecular complexity index is 418. The lowest BCUT2D eigenvalue weighted by atomic mass is 10.2. The number of nitrogens with zero attached hydrogens (tertiary/aromatic N) is 1. The van der Waals surface area contributed by atoms with Crippen LogP contribution in [0.25, 0.3) is 0 Å². The fourth-order valence-corrected chi connectivity index (χ4v) is 1.28. The second-order valence-corrected chi connectivity index (χ2v) is 4.19. The zero-order valence-electron chi connectivity index (χ0n) is 10.3. The van der Waals surface area contributed by atoms with Crippen LogP contribution in [0, 0.1) is 0 Å². The summed E-state index contributed by atoms with van der Waals surface area (Å²) in [5, 5.41) is 6.51. The predicted molar refractivity (Wildman–Crippen MR) is 75.3 cm³/mol. The molecule has 1 aromatic rings. The van der Waals surface area contributed by atoms with Gasteiger partial charge in [-0.1, -0.05) is 13.0 Å². The minimum absolute atomic E-state index is 0.00247. The van der Waals surface area contributed by atoms with Gasteiger partial charge in [-0.05, 0) is 30.4 Å². The molecule has 1 amide bonds. The number of carbonyl (C=O) groups excluding carboxylic acids is 1. The second-order valence-electron chi connectivity index (χ2n) is 3.81. The van der Waals surface area contributed by atoms with Gasteiger partial charge in [0.25, 0.3) is 0 Å². The molecule has 0 saturated carbocycles. The summed E-state index contributed by atoms with van der Waals surface area (Å²) in [4.78, 5) is 13.1. The highest BCUT2D eigenvalue weighted by atomic mass is 32.1. The number of hydrogen-bond donors (Lipinski definition) is 2. The quantitative estimate of drug-likeness (QED) is 0.809. The van der Waals surface area contributed by atoms with Crippen molar-refractivity contribution in [3.05, 3.63) is 24.3 Å². The molecule has 0 unspecified atom stereocenters. The van der Waals surface area contributed by atoms with Gasteiger partial charge in [0.05, 0.1) is 0 Å². The van der Waals surface area contributed by atoms with Gasteiger partial charge in [0, 0.05) is 31.9 Å². The molecule has 1 aromatic carbocycles. The van der Waals surface area contributed by atoms with E-state index in [4.69, 9.17) is 12.2 Å². The van der Waals surface area contributed by atoms with Crippen LogP contribution in [-0.4, -0.2) is 30.0 Å². The molecule has 0 saturated heterocycles. The van der Waals surface area contributed by atoms with Crippen molar-refractivity contribution in [2.75, 3.05) is 24.7 Å². The molecule has 0 atom stereocenters. The molecule has 0 aliphatic rings. The molecule has 0 aliphatic carbocycles. The third-order valence-corrected chi connectivity index (χ3v) is 2.59. The molecular weight excluding hydrogens is 234 g/mol. The normalized spacial score (nSPS) is 9.59. The van der Waals surface area contributed by atoms with Crippen molar-refractivity contribution in [3.63, 3.8) is 0 Å². The lowest BCUT2D eigenvalue weighted by molar-refractivity contribution is -0.115. The molecule has 0 radical (unpaired) electrons.